The molecule has 0 aliphatic carbocycles. The molecule has 7 heteroatoms. The smallest absolute Gasteiger partial charge is 0.122 e. The Hall–Kier alpha value is -2.39. The fraction of sp³-hybridized carbons (Fsp3) is 0.400. The number of piperidine rings is 1. The zero-order valence-corrected chi connectivity index (χ0v) is 23.6. The van der Waals surface area contributed by atoms with E-state index in [0.29, 0.717) is 13.2 Å². The summed E-state index contributed by atoms with van der Waals surface area (Å²) >= 11 is 4.49. The molecule has 0 spiro atoms. The molecule has 2 unspecified atom stereocenters. The Kier molecular flexibility index (Phi) is 13.1. The van der Waals surface area contributed by atoms with Crippen LogP contribution in [0, 0.1) is 13.8 Å². The molecule has 1 aliphatic rings. The molecule has 3 aromatic rings. The molecule has 4 rings (SSSR count). The minimum absolute atomic E-state index is 0.137. The standard InChI is InChI=1S/C28H33NO3S.C2H6.H3NO/c1-20-16-26(30-3)21(2)15-23(20)19-31-27-17-29-14-13-28(27,24-9-11-25(33)12-10-24)32-18-22-7-5-4-6-8-22;2*1-2/h4-12,15-16,27,29,33H,13-14,17-19H2,1-3H3;1-2H3;2H,1H2. The molecule has 0 radical (unpaired) electrons. The zero-order valence-electron chi connectivity index (χ0n) is 22.7. The first kappa shape index (κ1) is 30.8. The van der Waals surface area contributed by atoms with Crippen LogP contribution in [0.4, 0.5) is 0 Å². The van der Waals surface area contributed by atoms with Gasteiger partial charge in [0.25, 0.3) is 0 Å². The molecular formula is C30H42N2O4S. The molecule has 0 aromatic heterocycles. The highest BCUT2D eigenvalue weighted by molar-refractivity contribution is 7.80. The third-order valence-electron chi connectivity index (χ3n) is 6.51. The van der Waals surface area contributed by atoms with Crippen LogP contribution in [0.25, 0.3) is 0 Å². The van der Waals surface area contributed by atoms with Gasteiger partial charge in [0.1, 0.15) is 17.5 Å². The van der Waals surface area contributed by atoms with Crippen LogP contribution in [0.2, 0.25) is 0 Å². The second kappa shape index (κ2) is 15.8. The van der Waals surface area contributed by atoms with Gasteiger partial charge in [0.05, 0.1) is 20.3 Å². The molecule has 0 amide bonds. The molecule has 37 heavy (non-hydrogen) atoms. The largest absolute Gasteiger partial charge is 0.496 e. The fourth-order valence-corrected chi connectivity index (χ4v) is 4.70. The third-order valence-corrected chi connectivity index (χ3v) is 6.81. The van der Waals surface area contributed by atoms with E-state index in [4.69, 9.17) is 19.4 Å². The van der Waals surface area contributed by atoms with E-state index < -0.39 is 5.60 Å². The Balaban J connectivity index is 0.00000115. The number of nitrogens with one attached hydrogen (secondary N) is 1. The SMILES string of the molecule is CC.COc1cc(C)c(COC2CNCCC2(OCc2ccccc2)c2ccc(S)cc2)cc1C.NO. The van der Waals surface area contributed by atoms with Crippen molar-refractivity contribution in [3.05, 3.63) is 94.5 Å². The number of benzene rings is 3. The van der Waals surface area contributed by atoms with Gasteiger partial charge in [0, 0.05) is 11.4 Å². The molecule has 202 valence electrons. The molecule has 0 saturated carbocycles. The van der Waals surface area contributed by atoms with E-state index in [2.05, 4.69) is 74.1 Å². The van der Waals surface area contributed by atoms with Crippen LogP contribution < -0.4 is 16.0 Å². The average Bonchev–Trinajstić information content (AvgIpc) is 2.95. The lowest BCUT2D eigenvalue weighted by Gasteiger charge is -2.44. The lowest BCUT2D eigenvalue weighted by Crippen LogP contribution is -2.54. The van der Waals surface area contributed by atoms with Gasteiger partial charge in [-0.25, -0.2) is 5.90 Å². The second-order valence-corrected chi connectivity index (χ2v) is 9.23. The van der Waals surface area contributed by atoms with E-state index >= 15 is 0 Å². The Morgan fingerprint density at radius 1 is 0.973 bits per heavy atom. The van der Waals surface area contributed by atoms with Gasteiger partial charge < -0.3 is 24.7 Å². The van der Waals surface area contributed by atoms with E-state index in [0.717, 1.165) is 52.4 Å². The Morgan fingerprint density at radius 2 is 1.65 bits per heavy atom. The van der Waals surface area contributed by atoms with Crippen LogP contribution in [-0.2, 0) is 28.3 Å². The summed E-state index contributed by atoms with van der Waals surface area (Å²) in [5.41, 5.74) is 5.18. The Bertz CT molecular complexity index is 1060. The topological polar surface area (TPSA) is 86.0 Å². The van der Waals surface area contributed by atoms with Crippen LogP contribution >= 0.6 is 12.6 Å². The normalized spacial score (nSPS) is 18.6. The number of hydrogen-bond donors (Lipinski definition) is 4. The number of nitrogens with two attached hydrogens (primary N) is 1. The summed E-state index contributed by atoms with van der Waals surface area (Å²) in [4.78, 5) is 0.938. The maximum atomic E-state index is 6.76. The summed E-state index contributed by atoms with van der Waals surface area (Å²) in [5, 5.41) is 10.0. The number of hydrogen-bond acceptors (Lipinski definition) is 7. The van der Waals surface area contributed by atoms with Gasteiger partial charge in [-0.2, -0.15) is 0 Å². The minimum Gasteiger partial charge on any atom is -0.496 e. The highest BCUT2D eigenvalue weighted by Gasteiger charge is 2.44. The monoisotopic (exact) mass is 526 g/mol. The van der Waals surface area contributed by atoms with Crippen molar-refractivity contribution in [3.8, 4) is 5.75 Å². The molecule has 1 aliphatic heterocycles. The lowest BCUT2D eigenvalue weighted by molar-refractivity contribution is -0.176. The van der Waals surface area contributed by atoms with Crippen LogP contribution in [-0.4, -0.2) is 31.5 Å². The Labute approximate surface area is 227 Å². The lowest BCUT2D eigenvalue weighted by atomic mass is 9.82. The zero-order chi connectivity index (χ0) is 27.3. The van der Waals surface area contributed by atoms with Gasteiger partial charge in [-0.3, -0.25) is 0 Å². The summed E-state index contributed by atoms with van der Waals surface area (Å²) in [6.07, 6.45) is 0.694. The fourth-order valence-electron chi connectivity index (χ4n) is 4.55. The van der Waals surface area contributed by atoms with E-state index in [1.54, 1.807) is 7.11 Å². The van der Waals surface area contributed by atoms with Crippen molar-refractivity contribution >= 4 is 12.6 Å². The van der Waals surface area contributed by atoms with Gasteiger partial charge in [-0.15, -0.1) is 12.6 Å². The number of aryl methyl sites for hydroxylation is 2. The molecule has 1 fully saturated rings. The van der Waals surface area contributed by atoms with Crippen LogP contribution in [0.3, 0.4) is 0 Å². The van der Waals surface area contributed by atoms with Crippen LogP contribution in [0.15, 0.2) is 71.6 Å². The molecule has 0 bridgehead atoms. The first-order valence-corrected chi connectivity index (χ1v) is 13.2. The first-order valence-electron chi connectivity index (χ1n) is 12.7. The van der Waals surface area contributed by atoms with E-state index in [1.165, 1.54) is 5.56 Å². The number of thiol groups is 1. The van der Waals surface area contributed by atoms with Crippen molar-refractivity contribution in [2.75, 3.05) is 20.2 Å². The molecule has 6 nitrogen and oxygen atoms in total. The second-order valence-electron chi connectivity index (χ2n) is 8.71. The predicted molar refractivity (Wildman–Crippen MR) is 152 cm³/mol. The number of rotatable bonds is 8. The summed E-state index contributed by atoms with van der Waals surface area (Å²) in [5.74, 6) is 4.41. The summed E-state index contributed by atoms with van der Waals surface area (Å²) < 4.78 is 18.9. The van der Waals surface area contributed by atoms with E-state index in [1.807, 2.05) is 44.2 Å². The van der Waals surface area contributed by atoms with Gasteiger partial charge in [0.15, 0.2) is 0 Å². The predicted octanol–water partition coefficient (Wildman–Crippen LogP) is 5.95. The molecule has 4 N–H and O–H groups in total. The molecule has 1 saturated heterocycles. The van der Waals surface area contributed by atoms with E-state index in [-0.39, 0.29) is 6.10 Å². The highest BCUT2D eigenvalue weighted by atomic mass is 32.1. The third kappa shape index (κ3) is 8.04. The van der Waals surface area contributed by atoms with Crippen molar-refractivity contribution in [1.82, 2.24) is 5.32 Å². The maximum Gasteiger partial charge on any atom is 0.122 e. The maximum absolute atomic E-state index is 6.76. The van der Waals surface area contributed by atoms with Crippen molar-refractivity contribution < 1.29 is 19.4 Å². The molecule has 3 aromatic carbocycles. The van der Waals surface area contributed by atoms with Crippen molar-refractivity contribution in [3.63, 3.8) is 0 Å². The van der Waals surface area contributed by atoms with Crippen LogP contribution in [0.5, 0.6) is 5.75 Å². The number of methoxy groups -OCH3 is 1. The molecule has 1 heterocycles. The summed E-state index contributed by atoms with van der Waals surface area (Å²) in [6.45, 7) is 10.8. The summed E-state index contributed by atoms with van der Waals surface area (Å²) in [6, 6.07) is 22.9. The van der Waals surface area contributed by atoms with Crippen molar-refractivity contribution in [1.29, 1.82) is 0 Å². The number of ether oxygens (including phenoxy) is 3. The Morgan fingerprint density at radius 3 is 2.30 bits per heavy atom. The highest BCUT2D eigenvalue weighted by Crippen LogP contribution is 2.39. The van der Waals surface area contributed by atoms with Gasteiger partial charge >= 0.3 is 0 Å². The molecule has 2 atom stereocenters. The van der Waals surface area contributed by atoms with Gasteiger partial charge in [0.2, 0.25) is 0 Å². The van der Waals surface area contributed by atoms with Crippen LogP contribution in [0.1, 0.15) is 48.1 Å². The minimum atomic E-state index is -0.544. The quantitative estimate of drug-likeness (QED) is 0.214. The summed E-state index contributed by atoms with van der Waals surface area (Å²) in [7, 11) is 1.71. The molecular weight excluding hydrogens is 484 g/mol. The average molecular weight is 527 g/mol. The van der Waals surface area contributed by atoms with Gasteiger partial charge in [-0.05, 0) is 78.9 Å². The van der Waals surface area contributed by atoms with Crippen molar-refractivity contribution in [2.24, 2.45) is 5.90 Å². The first-order chi connectivity index (χ1) is 18.0. The van der Waals surface area contributed by atoms with E-state index in [9.17, 15) is 0 Å². The van der Waals surface area contributed by atoms with Gasteiger partial charge in [-0.1, -0.05) is 56.3 Å². The van der Waals surface area contributed by atoms with Crippen molar-refractivity contribution in [2.45, 2.75) is 63.9 Å².